The molecule has 0 radical (unpaired) electrons. The van der Waals surface area contributed by atoms with Gasteiger partial charge in [0.25, 0.3) is 0 Å². The molecule has 2 heterocycles. The van der Waals surface area contributed by atoms with Crippen molar-refractivity contribution in [3.8, 4) is 22.8 Å². The number of methoxy groups -OCH3 is 1. The molecule has 2 aromatic carbocycles. The standard InChI is InChI=1S/C22H21N5O3S2/c1-27-19(12-30-17-10-8-16(29-2)9-11-17)25-26-22(27)32-14-20(28)24-21-23-18(13-31-21)15-6-4-3-5-7-15/h3-11,13H,12,14H2,1-2H3,(H,23,24,28). The van der Waals surface area contributed by atoms with Crippen LogP contribution in [0.2, 0.25) is 0 Å². The second kappa shape index (κ2) is 10.3. The maximum Gasteiger partial charge on any atom is 0.236 e. The number of aromatic nitrogens is 4. The Kier molecular flexibility index (Phi) is 7.03. The third-order valence-corrected chi connectivity index (χ3v) is 6.28. The number of hydrogen-bond donors (Lipinski definition) is 1. The highest BCUT2D eigenvalue weighted by atomic mass is 32.2. The molecule has 0 aliphatic rings. The molecule has 0 bridgehead atoms. The number of carbonyl (C=O) groups excluding carboxylic acids is 1. The van der Waals surface area contributed by atoms with E-state index in [9.17, 15) is 4.79 Å². The van der Waals surface area contributed by atoms with Gasteiger partial charge in [-0.2, -0.15) is 0 Å². The Morgan fingerprint density at radius 3 is 2.59 bits per heavy atom. The van der Waals surface area contributed by atoms with Crippen LogP contribution in [0.4, 0.5) is 5.13 Å². The fraction of sp³-hybridized carbons (Fsp3) is 0.182. The second-order valence-corrected chi connectivity index (χ2v) is 8.46. The molecule has 2 aromatic heterocycles. The minimum atomic E-state index is -0.150. The fourth-order valence-electron chi connectivity index (χ4n) is 2.77. The van der Waals surface area contributed by atoms with Gasteiger partial charge in [-0.1, -0.05) is 42.1 Å². The summed E-state index contributed by atoms with van der Waals surface area (Å²) in [6.45, 7) is 0.268. The molecular formula is C22H21N5O3S2. The summed E-state index contributed by atoms with van der Waals surface area (Å²) in [4.78, 5) is 16.8. The Morgan fingerprint density at radius 1 is 1.09 bits per heavy atom. The van der Waals surface area contributed by atoms with Gasteiger partial charge in [0.05, 0.1) is 18.6 Å². The topological polar surface area (TPSA) is 91.2 Å². The van der Waals surface area contributed by atoms with Gasteiger partial charge in [0.1, 0.15) is 18.1 Å². The molecule has 0 aliphatic carbocycles. The number of anilines is 1. The number of nitrogens with zero attached hydrogens (tertiary/aromatic N) is 4. The van der Waals surface area contributed by atoms with Crippen molar-refractivity contribution in [2.45, 2.75) is 11.8 Å². The van der Waals surface area contributed by atoms with Crippen LogP contribution in [0, 0.1) is 0 Å². The van der Waals surface area contributed by atoms with Crippen molar-refractivity contribution in [3.05, 3.63) is 65.8 Å². The Bertz CT molecular complexity index is 1180. The molecule has 164 valence electrons. The fourth-order valence-corrected chi connectivity index (χ4v) is 4.24. The predicted octanol–water partition coefficient (Wildman–Crippen LogP) is 4.26. The first kappa shape index (κ1) is 21.8. The zero-order chi connectivity index (χ0) is 22.3. The Labute approximate surface area is 193 Å². The zero-order valence-corrected chi connectivity index (χ0v) is 19.2. The SMILES string of the molecule is COc1ccc(OCc2nnc(SCC(=O)Nc3nc(-c4ccccc4)cs3)n2C)cc1. The van der Waals surface area contributed by atoms with Crippen LogP contribution in [-0.2, 0) is 18.4 Å². The average molecular weight is 468 g/mol. The predicted molar refractivity (Wildman–Crippen MR) is 125 cm³/mol. The minimum Gasteiger partial charge on any atom is -0.497 e. The molecule has 0 atom stereocenters. The quantitative estimate of drug-likeness (QED) is 0.368. The molecule has 0 aliphatic heterocycles. The molecule has 0 unspecified atom stereocenters. The van der Waals surface area contributed by atoms with Gasteiger partial charge in [0.15, 0.2) is 16.1 Å². The van der Waals surface area contributed by atoms with Gasteiger partial charge >= 0.3 is 0 Å². The lowest BCUT2D eigenvalue weighted by atomic mass is 10.2. The van der Waals surface area contributed by atoms with Gasteiger partial charge in [0.2, 0.25) is 5.91 Å². The zero-order valence-electron chi connectivity index (χ0n) is 17.5. The van der Waals surface area contributed by atoms with E-state index < -0.39 is 0 Å². The summed E-state index contributed by atoms with van der Waals surface area (Å²) in [5.74, 6) is 2.19. The van der Waals surface area contributed by atoms with Crippen LogP contribution in [0.25, 0.3) is 11.3 Å². The van der Waals surface area contributed by atoms with Crippen molar-refractivity contribution in [1.29, 1.82) is 0 Å². The molecular weight excluding hydrogens is 446 g/mol. The molecule has 0 saturated carbocycles. The molecule has 32 heavy (non-hydrogen) atoms. The highest BCUT2D eigenvalue weighted by Crippen LogP contribution is 2.25. The van der Waals surface area contributed by atoms with E-state index in [1.54, 1.807) is 7.11 Å². The summed E-state index contributed by atoms with van der Waals surface area (Å²) in [7, 11) is 3.47. The first-order valence-corrected chi connectivity index (χ1v) is 11.6. The van der Waals surface area contributed by atoms with Gasteiger partial charge < -0.3 is 19.4 Å². The summed E-state index contributed by atoms with van der Waals surface area (Å²) in [6.07, 6.45) is 0. The molecule has 0 fully saturated rings. The maximum absolute atomic E-state index is 12.4. The number of rotatable bonds is 9. The van der Waals surface area contributed by atoms with Crippen molar-refractivity contribution >= 4 is 34.1 Å². The second-order valence-electron chi connectivity index (χ2n) is 6.66. The number of ether oxygens (including phenoxy) is 2. The summed E-state index contributed by atoms with van der Waals surface area (Å²) >= 11 is 2.71. The van der Waals surface area contributed by atoms with E-state index in [2.05, 4.69) is 20.5 Å². The third kappa shape index (κ3) is 5.45. The highest BCUT2D eigenvalue weighted by molar-refractivity contribution is 7.99. The first-order valence-electron chi connectivity index (χ1n) is 9.71. The normalized spacial score (nSPS) is 10.7. The molecule has 10 heteroatoms. The third-order valence-electron chi connectivity index (χ3n) is 4.50. The lowest BCUT2D eigenvalue weighted by molar-refractivity contribution is -0.113. The van der Waals surface area contributed by atoms with E-state index >= 15 is 0 Å². The van der Waals surface area contributed by atoms with Crippen LogP contribution in [0.3, 0.4) is 0 Å². The minimum absolute atomic E-state index is 0.150. The van der Waals surface area contributed by atoms with E-state index in [0.29, 0.717) is 21.9 Å². The van der Waals surface area contributed by atoms with E-state index in [1.165, 1.54) is 23.1 Å². The number of carbonyl (C=O) groups is 1. The molecule has 4 rings (SSSR count). The number of amides is 1. The smallest absolute Gasteiger partial charge is 0.236 e. The van der Waals surface area contributed by atoms with E-state index in [4.69, 9.17) is 9.47 Å². The van der Waals surface area contributed by atoms with Gasteiger partial charge in [0, 0.05) is 18.0 Å². The van der Waals surface area contributed by atoms with Crippen molar-refractivity contribution in [3.63, 3.8) is 0 Å². The van der Waals surface area contributed by atoms with Crippen LogP contribution in [0.1, 0.15) is 5.82 Å². The summed E-state index contributed by atoms with van der Waals surface area (Å²) < 4.78 is 12.7. The number of thioether (sulfide) groups is 1. The summed E-state index contributed by atoms with van der Waals surface area (Å²) in [5.41, 5.74) is 1.86. The van der Waals surface area contributed by atoms with Crippen molar-refractivity contribution < 1.29 is 14.3 Å². The van der Waals surface area contributed by atoms with Crippen molar-refractivity contribution in [1.82, 2.24) is 19.7 Å². The lowest BCUT2D eigenvalue weighted by Crippen LogP contribution is -2.14. The molecule has 4 aromatic rings. The van der Waals surface area contributed by atoms with Gasteiger partial charge in [-0.15, -0.1) is 21.5 Å². The molecule has 1 N–H and O–H groups in total. The van der Waals surface area contributed by atoms with Crippen LogP contribution < -0.4 is 14.8 Å². The molecule has 0 spiro atoms. The first-order chi connectivity index (χ1) is 15.6. The Hall–Kier alpha value is -3.37. The average Bonchev–Trinajstić information content (AvgIpc) is 3.43. The van der Waals surface area contributed by atoms with E-state index in [-0.39, 0.29) is 18.3 Å². The number of benzene rings is 2. The number of hydrogen-bond acceptors (Lipinski definition) is 8. The number of nitrogens with one attached hydrogen (secondary N) is 1. The van der Waals surface area contributed by atoms with E-state index in [1.807, 2.05) is 71.6 Å². The van der Waals surface area contributed by atoms with Gasteiger partial charge in [-0.25, -0.2) is 4.98 Å². The van der Waals surface area contributed by atoms with E-state index in [0.717, 1.165) is 17.0 Å². The van der Waals surface area contributed by atoms with Crippen LogP contribution in [-0.4, -0.2) is 38.5 Å². The van der Waals surface area contributed by atoms with Crippen LogP contribution in [0.15, 0.2) is 65.1 Å². The highest BCUT2D eigenvalue weighted by Gasteiger charge is 2.13. The largest absolute Gasteiger partial charge is 0.497 e. The molecule has 8 nitrogen and oxygen atoms in total. The monoisotopic (exact) mass is 467 g/mol. The summed E-state index contributed by atoms with van der Waals surface area (Å²) in [6, 6.07) is 17.2. The van der Waals surface area contributed by atoms with Gasteiger partial charge in [-0.05, 0) is 24.3 Å². The number of thiazole rings is 1. The van der Waals surface area contributed by atoms with Crippen LogP contribution >= 0.6 is 23.1 Å². The van der Waals surface area contributed by atoms with Crippen LogP contribution in [0.5, 0.6) is 11.5 Å². The Balaban J connectivity index is 1.28. The molecule has 1 amide bonds. The maximum atomic E-state index is 12.4. The van der Waals surface area contributed by atoms with Gasteiger partial charge in [-0.3, -0.25) is 4.79 Å². The molecule has 0 saturated heterocycles. The summed E-state index contributed by atoms with van der Waals surface area (Å²) in [5, 5.41) is 14.3. The van der Waals surface area contributed by atoms with Crippen molar-refractivity contribution in [2.24, 2.45) is 7.05 Å². The van der Waals surface area contributed by atoms with Crippen molar-refractivity contribution in [2.75, 3.05) is 18.2 Å². The lowest BCUT2D eigenvalue weighted by Gasteiger charge is -2.07. The Morgan fingerprint density at radius 2 is 1.84 bits per heavy atom.